The Bertz CT molecular complexity index is 604. The van der Waals surface area contributed by atoms with Gasteiger partial charge in [0.05, 0.1) is 5.75 Å². The Morgan fingerprint density at radius 2 is 1.83 bits per heavy atom. The zero-order valence-corrected chi connectivity index (χ0v) is 14.0. The Hall–Kier alpha value is -2.01. The Morgan fingerprint density at radius 3 is 2.52 bits per heavy atom. The standard InChI is InChI=1S/C18H21FN2OS/c1-21(16-6-3-2-4-7-16)13-5-12-20-18(22)14-23-17-10-8-15(19)9-11-17/h2-4,6-11H,5,12-14H2,1H3,(H,20,22). The predicted molar refractivity (Wildman–Crippen MR) is 94.5 cm³/mol. The molecule has 2 aromatic rings. The molecule has 3 nitrogen and oxygen atoms in total. The van der Waals surface area contributed by atoms with E-state index in [1.54, 1.807) is 12.1 Å². The van der Waals surface area contributed by atoms with Crippen LogP contribution in [0.2, 0.25) is 0 Å². The van der Waals surface area contributed by atoms with Gasteiger partial charge < -0.3 is 10.2 Å². The second kappa shape index (κ2) is 9.20. The van der Waals surface area contributed by atoms with Gasteiger partial charge in [-0.15, -0.1) is 11.8 Å². The van der Waals surface area contributed by atoms with Crippen LogP contribution >= 0.6 is 11.8 Å². The molecule has 0 bridgehead atoms. The first-order valence-corrected chi connectivity index (χ1v) is 8.55. The number of halogens is 1. The summed E-state index contributed by atoms with van der Waals surface area (Å²) >= 11 is 1.41. The van der Waals surface area contributed by atoms with Crippen LogP contribution in [-0.4, -0.2) is 31.8 Å². The normalized spacial score (nSPS) is 10.3. The monoisotopic (exact) mass is 332 g/mol. The number of nitrogens with one attached hydrogen (secondary N) is 1. The lowest BCUT2D eigenvalue weighted by Gasteiger charge is -2.19. The SMILES string of the molecule is CN(CCCNC(=O)CSc1ccc(F)cc1)c1ccccc1. The van der Waals surface area contributed by atoms with Crippen LogP contribution in [0.25, 0.3) is 0 Å². The van der Waals surface area contributed by atoms with Gasteiger partial charge >= 0.3 is 0 Å². The van der Waals surface area contributed by atoms with Crippen molar-refractivity contribution in [2.75, 3.05) is 30.8 Å². The summed E-state index contributed by atoms with van der Waals surface area (Å²) in [5.41, 5.74) is 1.17. The van der Waals surface area contributed by atoms with Gasteiger partial charge in [0.1, 0.15) is 5.82 Å². The molecule has 2 rings (SSSR count). The van der Waals surface area contributed by atoms with Gasteiger partial charge in [-0.25, -0.2) is 4.39 Å². The minimum Gasteiger partial charge on any atom is -0.375 e. The summed E-state index contributed by atoms with van der Waals surface area (Å²) in [6.07, 6.45) is 0.887. The number of hydrogen-bond donors (Lipinski definition) is 1. The van der Waals surface area contributed by atoms with Gasteiger partial charge in [0, 0.05) is 30.7 Å². The van der Waals surface area contributed by atoms with Gasteiger partial charge in [-0.05, 0) is 42.8 Å². The van der Waals surface area contributed by atoms with Gasteiger partial charge in [0.25, 0.3) is 0 Å². The van der Waals surface area contributed by atoms with Gasteiger partial charge in [-0.3, -0.25) is 4.79 Å². The fourth-order valence-electron chi connectivity index (χ4n) is 2.09. The largest absolute Gasteiger partial charge is 0.375 e. The molecule has 0 unspecified atom stereocenters. The molecule has 0 saturated heterocycles. The minimum absolute atomic E-state index is 0.00156. The van der Waals surface area contributed by atoms with Crippen LogP contribution in [0.3, 0.4) is 0 Å². The molecular weight excluding hydrogens is 311 g/mol. The number of hydrogen-bond acceptors (Lipinski definition) is 3. The van der Waals surface area contributed by atoms with E-state index in [9.17, 15) is 9.18 Å². The molecule has 2 aromatic carbocycles. The average molecular weight is 332 g/mol. The Morgan fingerprint density at radius 1 is 1.13 bits per heavy atom. The fourth-order valence-corrected chi connectivity index (χ4v) is 2.81. The molecule has 0 aliphatic rings. The molecular formula is C18H21FN2OS. The molecule has 0 aliphatic carbocycles. The van der Waals surface area contributed by atoms with Crippen molar-refractivity contribution in [3.8, 4) is 0 Å². The van der Waals surface area contributed by atoms with Gasteiger partial charge in [0.2, 0.25) is 5.91 Å². The van der Waals surface area contributed by atoms with Crippen molar-refractivity contribution in [3.05, 3.63) is 60.4 Å². The minimum atomic E-state index is -0.263. The van der Waals surface area contributed by atoms with Crippen molar-refractivity contribution in [3.63, 3.8) is 0 Å². The van der Waals surface area contributed by atoms with Crippen molar-refractivity contribution >= 4 is 23.4 Å². The first kappa shape index (κ1) is 17.3. The number of benzene rings is 2. The number of anilines is 1. The second-order valence-electron chi connectivity index (χ2n) is 5.20. The van der Waals surface area contributed by atoms with Crippen molar-refractivity contribution in [1.82, 2.24) is 5.32 Å². The summed E-state index contributed by atoms with van der Waals surface area (Å²) in [7, 11) is 2.04. The first-order chi connectivity index (χ1) is 11.1. The van der Waals surface area contributed by atoms with Gasteiger partial charge in [0.15, 0.2) is 0 Å². The molecule has 0 spiro atoms. The Kier molecular flexibility index (Phi) is 6.94. The maximum atomic E-state index is 12.8. The predicted octanol–water partition coefficient (Wildman–Crippen LogP) is 3.56. The van der Waals surface area contributed by atoms with Crippen molar-refractivity contribution < 1.29 is 9.18 Å². The van der Waals surface area contributed by atoms with Crippen LogP contribution in [-0.2, 0) is 4.79 Å². The van der Waals surface area contributed by atoms with Crippen LogP contribution in [0, 0.1) is 5.82 Å². The molecule has 5 heteroatoms. The van der Waals surface area contributed by atoms with E-state index in [0.717, 1.165) is 17.9 Å². The van der Waals surface area contributed by atoms with E-state index in [1.165, 1.54) is 29.6 Å². The molecule has 23 heavy (non-hydrogen) atoms. The van der Waals surface area contributed by atoms with E-state index < -0.39 is 0 Å². The van der Waals surface area contributed by atoms with Crippen molar-refractivity contribution in [2.45, 2.75) is 11.3 Å². The molecule has 1 N–H and O–H groups in total. The highest BCUT2D eigenvalue weighted by Crippen LogP contribution is 2.17. The molecule has 1 amide bonds. The molecule has 0 atom stereocenters. The molecule has 0 saturated carbocycles. The fraction of sp³-hybridized carbons (Fsp3) is 0.278. The number of para-hydroxylation sites is 1. The number of nitrogens with zero attached hydrogens (tertiary/aromatic N) is 1. The third kappa shape index (κ3) is 6.32. The Labute approximate surface area is 140 Å². The zero-order chi connectivity index (χ0) is 16.5. The highest BCUT2D eigenvalue weighted by atomic mass is 32.2. The van der Waals surface area contributed by atoms with E-state index in [4.69, 9.17) is 0 Å². The number of amides is 1. The van der Waals surface area contributed by atoms with Gasteiger partial charge in [-0.2, -0.15) is 0 Å². The molecule has 122 valence electrons. The summed E-state index contributed by atoms with van der Waals surface area (Å²) in [5, 5.41) is 2.91. The smallest absolute Gasteiger partial charge is 0.230 e. The molecule has 0 fully saturated rings. The summed E-state index contributed by atoms with van der Waals surface area (Å²) in [6, 6.07) is 16.3. The molecule has 0 radical (unpaired) electrons. The van der Waals surface area contributed by atoms with E-state index in [0.29, 0.717) is 12.3 Å². The highest BCUT2D eigenvalue weighted by Gasteiger charge is 2.04. The van der Waals surface area contributed by atoms with Crippen LogP contribution in [0.15, 0.2) is 59.5 Å². The lowest BCUT2D eigenvalue weighted by molar-refractivity contribution is -0.118. The zero-order valence-electron chi connectivity index (χ0n) is 13.2. The van der Waals surface area contributed by atoms with Crippen molar-refractivity contribution in [1.29, 1.82) is 0 Å². The number of rotatable bonds is 8. The van der Waals surface area contributed by atoms with Crippen molar-refractivity contribution in [2.24, 2.45) is 0 Å². The molecule has 0 aromatic heterocycles. The summed E-state index contributed by atoms with van der Waals surface area (Å²) in [6.45, 7) is 1.54. The first-order valence-electron chi connectivity index (χ1n) is 7.56. The van der Waals surface area contributed by atoms with E-state index in [1.807, 2.05) is 25.2 Å². The van der Waals surface area contributed by atoms with Gasteiger partial charge in [-0.1, -0.05) is 18.2 Å². The summed E-state index contributed by atoms with van der Waals surface area (Å²) in [4.78, 5) is 14.8. The lowest BCUT2D eigenvalue weighted by atomic mass is 10.3. The van der Waals surface area contributed by atoms with E-state index in [-0.39, 0.29) is 11.7 Å². The third-order valence-corrected chi connectivity index (χ3v) is 4.39. The van der Waals surface area contributed by atoms with Crippen LogP contribution in [0.5, 0.6) is 0 Å². The Balaban J connectivity index is 1.60. The van der Waals surface area contributed by atoms with Crippen LogP contribution in [0.1, 0.15) is 6.42 Å². The maximum Gasteiger partial charge on any atom is 0.230 e. The average Bonchev–Trinajstić information content (AvgIpc) is 2.59. The molecule has 0 aliphatic heterocycles. The topological polar surface area (TPSA) is 32.3 Å². The summed E-state index contributed by atoms with van der Waals surface area (Å²) in [5.74, 6) is 0.0863. The third-order valence-electron chi connectivity index (χ3n) is 3.37. The van der Waals surface area contributed by atoms with E-state index in [2.05, 4.69) is 22.3 Å². The number of carbonyl (C=O) groups excluding carboxylic acids is 1. The van der Waals surface area contributed by atoms with Crippen LogP contribution < -0.4 is 10.2 Å². The van der Waals surface area contributed by atoms with E-state index >= 15 is 0 Å². The molecule has 0 heterocycles. The van der Waals surface area contributed by atoms with Crippen LogP contribution in [0.4, 0.5) is 10.1 Å². The lowest BCUT2D eigenvalue weighted by Crippen LogP contribution is -2.29. The highest BCUT2D eigenvalue weighted by molar-refractivity contribution is 8.00. The maximum absolute atomic E-state index is 12.8. The quantitative estimate of drug-likeness (QED) is 0.592. The number of carbonyl (C=O) groups is 1. The summed E-state index contributed by atoms with van der Waals surface area (Å²) < 4.78 is 12.8. The number of thioether (sulfide) groups is 1. The second-order valence-corrected chi connectivity index (χ2v) is 6.25.